The molecule has 5 nitrogen and oxygen atoms in total. The molecule has 0 aliphatic rings. The first-order chi connectivity index (χ1) is 9.19. The molecule has 0 bridgehead atoms. The van der Waals surface area contributed by atoms with E-state index in [0.29, 0.717) is 17.2 Å². The van der Waals surface area contributed by atoms with Crippen LogP contribution in [0.25, 0.3) is 11.3 Å². The van der Waals surface area contributed by atoms with Gasteiger partial charge in [-0.25, -0.2) is 0 Å². The summed E-state index contributed by atoms with van der Waals surface area (Å²) in [5.74, 6) is 1.11. The number of benzene rings is 1. The third kappa shape index (κ3) is 2.43. The number of rotatable bonds is 3. The van der Waals surface area contributed by atoms with Crippen LogP contribution < -0.4 is 9.47 Å². The number of nitrogens with zero attached hydrogens (tertiary/aromatic N) is 2. The predicted molar refractivity (Wildman–Crippen MR) is 69.2 cm³/mol. The van der Waals surface area contributed by atoms with Crippen LogP contribution in [-0.2, 0) is 0 Å². The van der Waals surface area contributed by atoms with Gasteiger partial charge in [-0.05, 0) is 18.2 Å². The number of nitriles is 1. The van der Waals surface area contributed by atoms with Gasteiger partial charge in [-0.3, -0.25) is 4.98 Å². The number of aromatic nitrogens is 1. The van der Waals surface area contributed by atoms with Gasteiger partial charge in [0.2, 0.25) is 0 Å². The molecule has 0 fully saturated rings. The smallest absolute Gasteiger partial charge is 0.151 e. The van der Waals surface area contributed by atoms with E-state index in [0.717, 1.165) is 5.56 Å². The molecule has 1 aromatic heterocycles. The third-order valence-corrected chi connectivity index (χ3v) is 2.69. The lowest BCUT2D eigenvalue weighted by atomic mass is 10.1. The van der Waals surface area contributed by atoms with Crippen molar-refractivity contribution in [2.24, 2.45) is 0 Å². The molecule has 19 heavy (non-hydrogen) atoms. The lowest BCUT2D eigenvalue weighted by Gasteiger charge is -2.10. The van der Waals surface area contributed by atoms with Crippen LogP contribution in [0.5, 0.6) is 17.2 Å². The molecule has 0 atom stereocenters. The summed E-state index contributed by atoms with van der Waals surface area (Å²) in [4.78, 5) is 4.10. The zero-order chi connectivity index (χ0) is 13.8. The van der Waals surface area contributed by atoms with Gasteiger partial charge in [0.1, 0.15) is 17.6 Å². The Morgan fingerprint density at radius 1 is 1.21 bits per heavy atom. The molecule has 0 saturated heterocycles. The first-order valence-electron chi connectivity index (χ1n) is 5.51. The molecule has 0 spiro atoms. The van der Waals surface area contributed by atoms with E-state index in [4.69, 9.17) is 14.7 Å². The van der Waals surface area contributed by atoms with Crippen LogP contribution in [0.15, 0.2) is 30.5 Å². The Labute approximate surface area is 110 Å². The minimum absolute atomic E-state index is 0.140. The summed E-state index contributed by atoms with van der Waals surface area (Å²) in [6, 6.07) is 8.72. The van der Waals surface area contributed by atoms with Crippen LogP contribution in [0.2, 0.25) is 0 Å². The molecule has 5 heteroatoms. The first-order valence-corrected chi connectivity index (χ1v) is 5.51. The lowest BCUT2D eigenvalue weighted by molar-refractivity contribution is 0.395. The highest BCUT2D eigenvalue weighted by Gasteiger charge is 2.11. The second-order valence-electron chi connectivity index (χ2n) is 3.76. The summed E-state index contributed by atoms with van der Waals surface area (Å²) in [5, 5.41) is 18.4. The fourth-order valence-electron chi connectivity index (χ4n) is 1.70. The van der Waals surface area contributed by atoms with E-state index in [2.05, 4.69) is 4.98 Å². The normalized spacial score (nSPS) is 9.74. The zero-order valence-corrected chi connectivity index (χ0v) is 10.5. The molecule has 0 radical (unpaired) electrons. The van der Waals surface area contributed by atoms with Crippen molar-refractivity contribution in [2.75, 3.05) is 14.2 Å². The largest absolute Gasteiger partial charge is 0.505 e. The molecule has 1 N–H and O–H groups in total. The van der Waals surface area contributed by atoms with Crippen LogP contribution in [-0.4, -0.2) is 24.3 Å². The van der Waals surface area contributed by atoms with Crippen molar-refractivity contribution in [3.05, 3.63) is 36.0 Å². The van der Waals surface area contributed by atoms with E-state index in [1.54, 1.807) is 32.4 Å². The maximum atomic E-state index is 9.45. The second kappa shape index (κ2) is 5.27. The van der Waals surface area contributed by atoms with Crippen molar-refractivity contribution in [3.8, 4) is 34.6 Å². The molecule has 0 aliphatic carbocycles. The van der Waals surface area contributed by atoms with Crippen molar-refractivity contribution in [1.82, 2.24) is 4.98 Å². The van der Waals surface area contributed by atoms with Gasteiger partial charge in [-0.2, -0.15) is 5.26 Å². The average molecular weight is 256 g/mol. The highest BCUT2D eigenvalue weighted by Crippen LogP contribution is 2.33. The molecule has 2 aromatic rings. The number of methoxy groups -OCH3 is 2. The van der Waals surface area contributed by atoms with Crippen molar-refractivity contribution >= 4 is 0 Å². The van der Waals surface area contributed by atoms with Gasteiger partial charge in [-0.15, -0.1) is 0 Å². The minimum Gasteiger partial charge on any atom is -0.505 e. The Hall–Kier alpha value is -2.74. The number of ether oxygens (including phenoxy) is 2. The second-order valence-corrected chi connectivity index (χ2v) is 3.76. The molecule has 0 unspecified atom stereocenters. The number of hydrogen-bond acceptors (Lipinski definition) is 5. The summed E-state index contributed by atoms with van der Waals surface area (Å²) >= 11 is 0. The SMILES string of the molecule is COc1ccc(-c2cc(C#N)c(O)cn2)c(OC)c1. The van der Waals surface area contributed by atoms with E-state index < -0.39 is 0 Å². The van der Waals surface area contributed by atoms with E-state index in [1.165, 1.54) is 12.3 Å². The molecule has 96 valence electrons. The first kappa shape index (κ1) is 12.7. The van der Waals surface area contributed by atoms with Gasteiger partial charge in [0.05, 0.1) is 31.7 Å². The van der Waals surface area contributed by atoms with Gasteiger partial charge >= 0.3 is 0 Å². The fraction of sp³-hybridized carbons (Fsp3) is 0.143. The van der Waals surface area contributed by atoms with Gasteiger partial charge in [0.15, 0.2) is 5.75 Å². The number of aromatic hydroxyl groups is 1. The molecule has 0 saturated carbocycles. The fourth-order valence-corrected chi connectivity index (χ4v) is 1.70. The number of pyridine rings is 1. The molecule has 1 heterocycles. The van der Waals surface area contributed by atoms with Crippen LogP contribution in [0.1, 0.15) is 5.56 Å². The molecule has 0 aliphatic heterocycles. The Morgan fingerprint density at radius 3 is 2.63 bits per heavy atom. The summed E-state index contributed by atoms with van der Waals surface area (Å²) in [7, 11) is 3.12. The van der Waals surface area contributed by atoms with Crippen molar-refractivity contribution in [3.63, 3.8) is 0 Å². The lowest BCUT2D eigenvalue weighted by Crippen LogP contribution is -1.92. The predicted octanol–water partition coefficient (Wildman–Crippen LogP) is 2.34. The summed E-state index contributed by atoms with van der Waals surface area (Å²) in [6.45, 7) is 0. The number of hydrogen-bond donors (Lipinski definition) is 1. The Morgan fingerprint density at radius 2 is 2.00 bits per heavy atom. The van der Waals surface area contributed by atoms with Crippen molar-refractivity contribution < 1.29 is 14.6 Å². The van der Waals surface area contributed by atoms with Gasteiger partial charge in [0.25, 0.3) is 0 Å². The molecule has 1 aromatic carbocycles. The van der Waals surface area contributed by atoms with E-state index in [-0.39, 0.29) is 11.3 Å². The van der Waals surface area contributed by atoms with Gasteiger partial charge in [0, 0.05) is 11.6 Å². The topological polar surface area (TPSA) is 75.4 Å². The van der Waals surface area contributed by atoms with Crippen molar-refractivity contribution in [1.29, 1.82) is 5.26 Å². The molecular formula is C14H12N2O3. The standard InChI is InChI=1S/C14H12N2O3/c1-18-10-3-4-11(14(6-10)19-2)12-5-9(7-15)13(17)8-16-12/h3-6,8,17H,1-2H3. The highest BCUT2D eigenvalue weighted by atomic mass is 16.5. The maximum absolute atomic E-state index is 9.45. The minimum atomic E-state index is -0.140. The van der Waals surface area contributed by atoms with E-state index in [9.17, 15) is 5.11 Å². The molecular weight excluding hydrogens is 244 g/mol. The monoisotopic (exact) mass is 256 g/mol. The Kier molecular flexibility index (Phi) is 3.53. The van der Waals surface area contributed by atoms with Gasteiger partial charge < -0.3 is 14.6 Å². The van der Waals surface area contributed by atoms with E-state index in [1.807, 2.05) is 6.07 Å². The van der Waals surface area contributed by atoms with Crippen LogP contribution in [0.4, 0.5) is 0 Å². The summed E-state index contributed by atoms with van der Waals surface area (Å²) in [6.07, 6.45) is 1.25. The quantitative estimate of drug-likeness (QED) is 0.912. The van der Waals surface area contributed by atoms with Crippen molar-refractivity contribution in [2.45, 2.75) is 0 Å². The van der Waals surface area contributed by atoms with Crippen LogP contribution in [0.3, 0.4) is 0 Å². The van der Waals surface area contributed by atoms with Gasteiger partial charge in [-0.1, -0.05) is 0 Å². The Balaban J connectivity index is 2.56. The summed E-state index contributed by atoms with van der Waals surface area (Å²) in [5.41, 5.74) is 1.44. The zero-order valence-electron chi connectivity index (χ0n) is 10.5. The van der Waals surface area contributed by atoms with Crippen LogP contribution in [0, 0.1) is 11.3 Å². The maximum Gasteiger partial charge on any atom is 0.151 e. The Bertz CT molecular complexity index is 648. The average Bonchev–Trinajstić information content (AvgIpc) is 2.47. The van der Waals surface area contributed by atoms with E-state index >= 15 is 0 Å². The summed E-state index contributed by atoms with van der Waals surface area (Å²) < 4.78 is 10.4. The third-order valence-electron chi connectivity index (χ3n) is 2.69. The highest BCUT2D eigenvalue weighted by molar-refractivity contribution is 5.70. The molecule has 0 amide bonds. The molecule has 2 rings (SSSR count). The van der Waals surface area contributed by atoms with Crippen LogP contribution >= 0.6 is 0 Å².